The number of likely N-dealkylation sites (N-methyl/N-ethyl adjacent to an activating group) is 1. The van der Waals surface area contributed by atoms with E-state index in [1.165, 1.54) is 0 Å². The van der Waals surface area contributed by atoms with Crippen LogP contribution in [0.25, 0.3) is 5.69 Å². The molecular weight excluding hydrogens is 434 g/mol. The first kappa shape index (κ1) is 23.5. The number of rotatable bonds is 8. The average molecular weight is 466 g/mol. The Morgan fingerprint density at radius 1 is 1.24 bits per heavy atom. The minimum atomic E-state index is -0.0517. The fourth-order valence-electron chi connectivity index (χ4n) is 4.01. The van der Waals surface area contributed by atoms with Crippen LogP contribution in [0.15, 0.2) is 30.7 Å². The third-order valence-corrected chi connectivity index (χ3v) is 5.91. The van der Waals surface area contributed by atoms with Crippen molar-refractivity contribution in [2.24, 2.45) is 0 Å². The smallest absolute Gasteiger partial charge is 0.246 e. The summed E-state index contributed by atoms with van der Waals surface area (Å²) in [4.78, 5) is 30.1. The Hall–Kier alpha value is -3.66. The largest absolute Gasteiger partial charge is 0.494 e. The zero-order chi connectivity index (χ0) is 24.4. The van der Waals surface area contributed by atoms with E-state index in [1.807, 2.05) is 54.6 Å². The van der Waals surface area contributed by atoms with Crippen LogP contribution < -0.4 is 19.9 Å². The van der Waals surface area contributed by atoms with Crippen LogP contribution in [0.4, 0.5) is 23.1 Å². The molecule has 3 aromatic rings. The number of aryl methyl sites for hydroxylation is 2. The molecule has 1 amide bonds. The highest BCUT2D eigenvalue weighted by Gasteiger charge is 2.32. The van der Waals surface area contributed by atoms with Crippen LogP contribution in [0.1, 0.15) is 25.2 Å². The normalized spacial score (nSPS) is 14.2. The molecule has 10 nitrogen and oxygen atoms in total. The van der Waals surface area contributed by atoms with Gasteiger partial charge in [0.25, 0.3) is 0 Å². The lowest BCUT2D eigenvalue weighted by atomic mass is 10.1. The Balaban J connectivity index is 1.70. The van der Waals surface area contributed by atoms with Gasteiger partial charge in [-0.1, -0.05) is 6.92 Å². The second-order valence-corrected chi connectivity index (χ2v) is 8.33. The number of amides is 1. The fraction of sp³-hybridized carbons (Fsp3) is 0.417. The van der Waals surface area contributed by atoms with Gasteiger partial charge < -0.3 is 29.2 Å². The molecule has 0 fully saturated rings. The van der Waals surface area contributed by atoms with E-state index in [1.54, 1.807) is 32.5 Å². The first-order valence-electron chi connectivity index (χ1n) is 11.3. The van der Waals surface area contributed by atoms with Crippen molar-refractivity contribution in [3.63, 3.8) is 0 Å². The number of benzene rings is 1. The maximum Gasteiger partial charge on any atom is 0.246 e. The van der Waals surface area contributed by atoms with Crippen LogP contribution in [0.3, 0.4) is 0 Å². The highest BCUT2D eigenvalue weighted by Crippen LogP contribution is 2.36. The molecule has 0 spiro atoms. The molecule has 0 aliphatic carbocycles. The van der Waals surface area contributed by atoms with Gasteiger partial charge in [-0.2, -0.15) is 4.98 Å². The third-order valence-electron chi connectivity index (χ3n) is 5.91. The number of methoxy groups -OCH3 is 2. The minimum absolute atomic E-state index is 0.00451. The molecule has 34 heavy (non-hydrogen) atoms. The molecule has 4 rings (SSSR count). The second kappa shape index (κ2) is 9.68. The summed E-state index contributed by atoms with van der Waals surface area (Å²) in [5.74, 6) is 1.88. The number of anilines is 4. The third kappa shape index (κ3) is 4.54. The van der Waals surface area contributed by atoms with Crippen molar-refractivity contribution in [2.75, 3.05) is 49.5 Å². The lowest BCUT2D eigenvalue weighted by Gasteiger charge is -2.36. The quantitative estimate of drug-likeness (QED) is 0.542. The minimum Gasteiger partial charge on any atom is -0.494 e. The molecule has 1 aliphatic rings. The van der Waals surface area contributed by atoms with Gasteiger partial charge in [0.05, 0.1) is 43.2 Å². The van der Waals surface area contributed by atoms with Gasteiger partial charge >= 0.3 is 0 Å². The second-order valence-electron chi connectivity index (χ2n) is 8.33. The summed E-state index contributed by atoms with van der Waals surface area (Å²) in [5.41, 5.74) is 4.15. The van der Waals surface area contributed by atoms with Crippen molar-refractivity contribution in [2.45, 2.75) is 33.3 Å². The summed E-state index contributed by atoms with van der Waals surface area (Å²) < 4.78 is 13.0. The van der Waals surface area contributed by atoms with Crippen LogP contribution in [0, 0.1) is 6.92 Å². The lowest BCUT2D eigenvalue weighted by Crippen LogP contribution is -2.47. The lowest BCUT2D eigenvalue weighted by molar-refractivity contribution is -0.117. The summed E-state index contributed by atoms with van der Waals surface area (Å²) in [6.45, 7) is 6.73. The molecule has 1 N–H and O–H groups in total. The van der Waals surface area contributed by atoms with Gasteiger partial charge in [-0.05, 0) is 32.4 Å². The van der Waals surface area contributed by atoms with Crippen molar-refractivity contribution in [3.8, 4) is 11.4 Å². The van der Waals surface area contributed by atoms with Gasteiger partial charge in [0, 0.05) is 38.7 Å². The number of fused-ring (bicyclic) bond motifs is 1. The maximum absolute atomic E-state index is 12.7. The van der Waals surface area contributed by atoms with Gasteiger partial charge in [0.1, 0.15) is 11.4 Å². The van der Waals surface area contributed by atoms with Gasteiger partial charge in [-0.25, -0.2) is 9.97 Å². The number of nitrogens with one attached hydrogen (secondary N) is 1. The van der Waals surface area contributed by atoms with E-state index in [0.29, 0.717) is 24.7 Å². The van der Waals surface area contributed by atoms with Crippen LogP contribution in [0.2, 0.25) is 0 Å². The predicted octanol–water partition coefficient (Wildman–Crippen LogP) is 3.10. The number of carbonyl (C=O) groups excluding carboxylic acids is 1. The number of carbonyl (C=O) groups is 1. The molecule has 2 aromatic heterocycles. The van der Waals surface area contributed by atoms with Crippen LogP contribution in [-0.2, 0) is 16.0 Å². The van der Waals surface area contributed by atoms with E-state index in [4.69, 9.17) is 19.4 Å². The molecule has 1 unspecified atom stereocenters. The van der Waals surface area contributed by atoms with Gasteiger partial charge in [-0.3, -0.25) is 4.79 Å². The first-order chi connectivity index (χ1) is 16.3. The standard InChI is InChI=1S/C24H31N7O3/c1-7-18-22-23(30(12-16(3)33-5)13-21(32)29(22)4)28-24(27-18)26-17-8-9-19(20(10-17)34-6)31-11-15(2)25-14-31/h8-11,14,16H,7,12-13H2,1-6H3,(H,26,27,28). The monoisotopic (exact) mass is 465 g/mol. The van der Waals surface area contributed by atoms with E-state index < -0.39 is 0 Å². The molecule has 10 heteroatoms. The number of aromatic nitrogens is 4. The predicted molar refractivity (Wildman–Crippen MR) is 132 cm³/mol. The SMILES string of the molecule is CCc1nc(Nc2ccc(-n3cnc(C)c3)c(OC)c2)nc2c1N(C)C(=O)CN2CC(C)OC. The molecule has 1 aliphatic heterocycles. The fourth-order valence-corrected chi connectivity index (χ4v) is 4.01. The van der Waals surface area contributed by atoms with Gasteiger partial charge in [0.2, 0.25) is 11.9 Å². The molecule has 180 valence electrons. The molecule has 0 bridgehead atoms. The summed E-state index contributed by atoms with van der Waals surface area (Å²) in [5, 5.41) is 3.31. The molecule has 1 aromatic carbocycles. The topological polar surface area (TPSA) is 97.6 Å². The van der Waals surface area contributed by atoms with Crippen LogP contribution in [-0.4, -0.2) is 65.9 Å². The summed E-state index contributed by atoms with van der Waals surface area (Å²) >= 11 is 0. The Labute approximate surface area is 199 Å². The Kier molecular flexibility index (Phi) is 6.69. The Bertz CT molecular complexity index is 1190. The highest BCUT2D eigenvalue weighted by atomic mass is 16.5. The summed E-state index contributed by atoms with van der Waals surface area (Å²) in [6.07, 6.45) is 4.31. The molecular formula is C24H31N7O3. The van der Waals surface area contributed by atoms with E-state index in [0.717, 1.165) is 34.3 Å². The van der Waals surface area contributed by atoms with Crippen LogP contribution >= 0.6 is 0 Å². The van der Waals surface area contributed by atoms with Crippen molar-refractivity contribution < 1.29 is 14.3 Å². The molecule has 1 atom stereocenters. The average Bonchev–Trinajstić information content (AvgIpc) is 3.27. The van der Waals surface area contributed by atoms with Gasteiger partial charge in [0.15, 0.2) is 5.82 Å². The molecule has 3 heterocycles. The number of imidazole rings is 1. The zero-order valence-corrected chi connectivity index (χ0v) is 20.5. The Morgan fingerprint density at radius 3 is 2.68 bits per heavy atom. The number of hydrogen-bond acceptors (Lipinski definition) is 8. The maximum atomic E-state index is 12.7. The zero-order valence-electron chi connectivity index (χ0n) is 20.5. The van der Waals surface area contributed by atoms with Gasteiger partial charge in [-0.15, -0.1) is 0 Å². The molecule has 0 radical (unpaired) electrons. The summed E-state index contributed by atoms with van der Waals surface area (Å²) in [7, 11) is 5.07. The van der Waals surface area contributed by atoms with Crippen molar-refractivity contribution >= 4 is 29.0 Å². The number of nitrogens with zero attached hydrogens (tertiary/aromatic N) is 6. The van der Waals surface area contributed by atoms with E-state index in [-0.39, 0.29) is 18.6 Å². The highest BCUT2D eigenvalue weighted by molar-refractivity contribution is 6.02. The molecule has 0 saturated carbocycles. The van der Waals surface area contributed by atoms with Crippen molar-refractivity contribution in [1.29, 1.82) is 0 Å². The first-order valence-corrected chi connectivity index (χ1v) is 11.3. The number of hydrogen-bond donors (Lipinski definition) is 1. The van der Waals surface area contributed by atoms with E-state index in [9.17, 15) is 4.79 Å². The molecule has 0 saturated heterocycles. The van der Waals surface area contributed by atoms with Crippen molar-refractivity contribution in [1.82, 2.24) is 19.5 Å². The number of ether oxygens (including phenoxy) is 2. The van der Waals surface area contributed by atoms with Crippen LogP contribution in [0.5, 0.6) is 5.75 Å². The Morgan fingerprint density at radius 2 is 2.03 bits per heavy atom. The van der Waals surface area contributed by atoms with E-state index >= 15 is 0 Å². The van der Waals surface area contributed by atoms with Crippen molar-refractivity contribution in [3.05, 3.63) is 42.1 Å². The van der Waals surface area contributed by atoms with E-state index in [2.05, 4.69) is 10.3 Å². The summed E-state index contributed by atoms with van der Waals surface area (Å²) in [6, 6.07) is 5.81.